The lowest BCUT2D eigenvalue weighted by molar-refractivity contribution is -0.387. The van der Waals surface area contributed by atoms with Crippen molar-refractivity contribution >= 4 is 11.6 Å². The van der Waals surface area contributed by atoms with Gasteiger partial charge in [-0.25, -0.2) is 4.98 Å². The highest BCUT2D eigenvalue weighted by Crippen LogP contribution is 2.30. The monoisotopic (exact) mass is 268 g/mol. The SMILES string of the molecule is CCNc1nc(C)c([N+](=O)[O-])c(OC2CCOC2)n1. The van der Waals surface area contributed by atoms with Gasteiger partial charge in [0.15, 0.2) is 0 Å². The van der Waals surface area contributed by atoms with Gasteiger partial charge in [0, 0.05) is 13.0 Å². The summed E-state index contributed by atoms with van der Waals surface area (Å²) in [5.41, 5.74) is 0.0958. The summed E-state index contributed by atoms with van der Waals surface area (Å²) < 4.78 is 10.8. The second kappa shape index (κ2) is 5.79. The van der Waals surface area contributed by atoms with E-state index in [1.54, 1.807) is 6.92 Å². The lowest BCUT2D eigenvalue weighted by Crippen LogP contribution is -2.18. The van der Waals surface area contributed by atoms with Gasteiger partial charge in [-0.15, -0.1) is 0 Å². The normalized spacial score (nSPS) is 18.3. The molecule has 8 nitrogen and oxygen atoms in total. The van der Waals surface area contributed by atoms with Crippen LogP contribution in [0.2, 0.25) is 0 Å². The summed E-state index contributed by atoms with van der Waals surface area (Å²) in [4.78, 5) is 18.7. The molecule has 0 aliphatic carbocycles. The van der Waals surface area contributed by atoms with Crippen molar-refractivity contribution in [2.75, 3.05) is 25.1 Å². The van der Waals surface area contributed by atoms with Crippen LogP contribution in [0.5, 0.6) is 5.88 Å². The molecular weight excluding hydrogens is 252 g/mol. The number of rotatable bonds is 5. The number of hydrogen-bond acceptors (Lipinski definition) is 7. The Bertz CT molecular complexity index is 474. The smallest absolute Gasteiger partial charge is 0.352 e. The molecule has 0 amide bonds. The van der Waals surface area contributed by atoms with Crippen molar-refractivity contribution < 1.29 is 14.4 Å². The maximum atomic E-state index is 11.1. The van der Waals surface area contributed by atoms with E-state index < -0.39 is 4.92 Å². The molecular formula is C11H16N4O4. The third-order valence-corrected chi connectivity index (χ3v) is 2.71. The molecule has 8 heteroatoms. The standard InChI is InChI=1S/C11H16N4O4/c1-3-12-11-13-7(2)9(15(16)17)10(14-11)19-8-4-5-18-6-8/h8H,3-6H2,1-2H3,(H,12,13,14). The lowest BCUT2D eigenvalue weighted by Gasteiger charge is -2.12. The molecule has 1 aliphatic rings. The third-order valence-electron chi connectivity index (χ3n) is 2.71. The molecule has 0 aromatic carbocycles. The molecule has 19 heavy (non-hydrogen) atoms. The molecule has 2 rings (SSSR count). The van der Waals surface area contributed by atoms with Gasteiger partial charge in [-0.05, 0) is 13.8 Å². The van der Waals surface area contributed by atoms with Gasteiger partial charge < -0.3 is 14.8 Å². The number of aryl methyl sites for hydroxylation is 1. The molecule has 1 unspecified atom stereocenters. The summed E-state index contributed by atoms with van der Waals surface area (Å²) in [6, 6.07) is 0. The molecule has 1 saturated heterocycles. The van der Waals surface area contributed by atoms with Crippen LogP contribution in [0.4, 0.5) is 11.6 Å². The maximum absolute atomic E-state index is 11.1. The van der Waals surface area contributed by atoms with E-state index in [4.69, 9.17) is 9.47 Å². The first-order valence-corrected chi connectivity index (χ1v) is 6.13. The summed E-state index contributed by atoms with van der Waals surface area (Å²) in [6.07, 6.45) is 0.513. The Morgan fingerprint density at radius 3 is 2.95 bits per heavy atom. The topological polar surface area (TPSA) is 99.4 Å². The zero-order valence-corrected chi connectivity index (χ0v) is 10.9. The van der Waals surface area contributed by atoms with E-state index in [1.807, 2.05) is 6.92 Å². The van der Waals surface area contributed by atoms with Crippen LogP contribution in [0, 0.1) is 17.0 Å². The minimum atomic E-state index is -0.518. The van der Waals surface area contributed by atoms with Crippen molar-refractivity contribution in [3.63, 3.8) is 0 Å². The minimum absolute atomic E-state index is 0.00366. The number of nitrogens with zero attached hydrogens (tertiary/aromatic N) is 3. The van der Waals surface area contributed by atoms with Crippen LogP contribution in [-0.2, 0) is 4.74 Å². The highest BCUT2D eigenvalue weighted by Gasteiger charge is 2.27. The summed E-state index contributed by atoms with van der Waals surface area (Å²) in [6.45, 7) is 5.12. The van der Waals surface area contributed by atoms with E-state index in [1.165, 1.54) is 0 Å². The van der Waals surface area contributed by atoms with Gasteiger partial charge >= 0.3 is 5.69 Å². The molecule has 1 fully saturated rings. The zero-order valence-electron chi connectivity index (χ0n) is 10.9. The molecule has 0 saturated carbocycles. The van der Waals surface area contributed by atoms with Crippen LogP contribution in [0.25, 0.3) is 0 Å². The predicted octanol–water partition coefficient (Wildman–Crippen LogP) is 1.29. The number of hydrogen-bond donors (Lipinski definition) is 1. The van der Waals surface area contributed by atoms with Crippen LogP contribution in [0.3, 0.4) is 0 Å². The molecule has 0 bridgehead atoms. The molecule has 1 N–H and O–H groups in total. The molecule has 0 spiro atoms. The number of nitro groups is 1. The largest absolute Gasteiger partial charge is 0.467 e. The average Bonchev–Trinajstić information content (AvgIpc) is 2.81. The zero-order chi connectivity index (χ0) is 13.8. The van der Waals surface area contributed by atoms with Crippen molar-refractivity contribution in [3.05, 3.63) is 15.8 Å². The highest BCUT2D eigenvalue weighted by molar-refractivity contribution is 5.48. The molecule has 0 radical (unpaired) electrons. The van der Waals surface area contributed by atoms with Crippen LogP contribution < -0.4 is 10.1 Å². The van der Waals surface area contributed by atoms with E-state index in [-0.39, 0.29) is 23.4 Å². The summed E-state index contributed by atoms with van der Waals surface area (Å²) in [7, 11) is 0. The first-order valence-electron chi connectivity index (χ1n) is 6.13. The average molecular weight is 268 g/mol. The number of anilines is 1. The molecule has 2 heterocycles. The quantitative estimate of drug-likeness (QED) is 0.634. The second-order valence-electron chi connectivity index (χ2n) is 4.18. The van der Waals surface area contributed by atoms with Gasteiger partial charge in [-0.3, -0.25) is 10.1 Å². The summed E-state index contributed by atoms with van der Waals surface area (Å²) >= 11 is 0. The van der Waals surface area contributed by atoms with E-state index in [0.717, 1.165) is 0 Å². The predicted molar refractivity (Wildman–Crippen MR) is 67.4 cm³/mol. The lowest BCUT2D eigenvalue weighted by atomic mass is 10.3. The molecule has 1 atom stereocenters. The molecule has 1 aromatic rings. The van der Waals surface area contributed by atoms with Crippen molar-refractivity contribution in [1.29, 1.82) is 0 Å². The van der Waals surface area contributed by atoms with Gasteiger partial charge in [0.2, 0.25) is 5.95 Å². The fourth-order valence-corrected chi connectivity index (χ4v) is 1.83. The molecule has 1 aliphatic heterocycles. The third kappa shape index (κ3) is 3.08. The first-order chi connectivity index (χ1) is 9.11. The number of nitrogens with one attached hydrogen (secondary N) is 1. The first kappa shape index (κ1) is 13.5. The van der Waals surface area contributed by atoms with Gasteiger partial charge in [0.25, 0.3) is 5.88 Å². The van der Waals surface area contributed by atoms with E-state index in [2.05, 4.69) is 15.3 Å². The summed E-state index contributed by atoms with van der Waals surface area (Å²) in [5.74, 6) is 0.337. The number of ether oxygens (including phenoxy) is 2. The molecule has 104 valence electrons. The van der Waals surface area contributed by atoms with Gasteiger partial charge in [0.1, 0.15) is 11.8 Å². The van der Waals surface area contributed by atoms with Gasteiger partial charge in [-0.1, -0.05) is 0 Å². The molecule has 1 aromatic heterocycles. The fourth-order valence-electron chi connectivity index (χ4n) is 1.83. The highest BCUT2D eigenvalue weighted by atomic mass is 16.6. The Kier molecular flexibility index (Phi) is 4.10. The minimum Gasteiger partial charge on any atom is -0.467 e. The Hall–Kier alpha value is -1.96. The van der Waals surface area contributed by atoms with Crippen molar-refractivity contribution in [1.82, 2.24) is 9.97 Å². The Morgan fingerprint density at radius 2 is 2.37 bits per heavy atom. The van der Waals surface area contributed by atoms with Crippen molar-refractivity contribution in [2.45, 2.75) is 26.4 Å². The fraction of sp³-hybridized carbons (Fsp3) is 0.636. The summed E-state index contributed by atoms with van der Waals surface area (Å²) in [5, 5.41) is 14.0. The number of aromatic nitrogens is 2. The van der Waals surface area contributed by atoms with Gasteiger partial charge in [-0.2, -0.15) is 4.98 Å². The Morgan fingerprint density at radius 1 is 1.58 bits per heavy atom. The van der Waals surface area contributed by atoms with Crippen LogP contribution in [0.1, 0.15) is 19.0 Å². The maximum Gasteiger partial charge on any atom is 0.352 e. The van der Waals surface area contributed by atoms with Crippen LogP contribution in [-0.4, -0.2) is 40.8 Å². The van der Waals surface area contributed by atoms with Crippen LogP contribution in [0.15, 0.2) is 0 Å². The van der Waals surface area contributed by atoms with Crippen molar-refractivity contribution in [3.8, 4) is 5.88 Å². The van der Waals surface area contributed by atoms with E-state index in [0.29, 0.717) is 32.1 Å². The second-order valence-corrected chi connectivity index (χ2v) is 4.18. The van der Waals surface area contributed by atoms with Gasteiger partial charge in [0.05, 0.1) is 18.1 Å². The van der Waals surface area contributed by atoms with Crippen LogP contribution >= 0.6 is 0 Å². The van der Waals surface area contributed by atoms with E-state index in [9.17, 15) is 10.1 Å². The van der Waals surface area contributed by atoms with E-state index >= 15 is 0 Å². The Balaban J connectivity index is 2.32. The Labute approximate surface area is 110 Å². The van der Waals surface area contributed by atoms with Crippen molar-refractivity contribution in [2.24, 2.45) is 0 Å².